The number of piperazine rings is 1. The Hall–Kier alpha value is -2.46. The molecule has 1 fully saturated rings. The summed E-state index contributed by atoms with van der Waals surface area (Å²) in [7, 11) is 0. The van der Waals surface area contributed by atoms with E-state index in [-0.39, 0.29) is 11.6 Å². The van der Waals surface area contributed by atoms with Crippen molar-refractivity contribution in [3.8, 4) is 0 Å². The number of fused-ring (bicyclic) bond motifs is 1. The molecule has 1 N–H and O–H groups in total. The van der Waals surface area contributed by atoms with Gasteiger partial charge in [-0.3, -0.25) is 14.9 Å². The molecule has 160 valence electrons. The van der Waals surface area contributed by atoms with Gasteiger partial charge in [-0.05, 0) is 36.5 Å². The van der Waals surface area contributed by atoms with Crippen molar-refractivity contribution in [1.82, 2.24) is 9.80 Å². The van der Waals surface area contributed by atoms with Crippen LogP contribution in [0, 0.1) is 10.1 Å². The molecule has 1 saturated heterocycles. The van der Waals surface area contributed by atoms with Crippen LogP contribution < -0.4 is 5.32 Å². The van der Waals surface area contributed by atoms with E-state index in [2.05, 4.69) is 5.32 Å². The highest BCUT2D eigenvalue weighted by Crippen LogP contribution is 2.38. The molecule has 0 saturated carbocycles. The topological polar surface area (TPSA) is 78.7 Å². The van der Waals surface area contributed by atoms with Gasteiger partial charge in [0.1, 0.15) is 4.88 Å². The molecule has 31 heavy (non-hydrogen) atoms. The van der Waals surface area contributed by atoms with E-state index in [0.29, 0.717) is 56.3 Å². The lowest BCUT2D eigenvalue weighted by molar-refractivity contribution is -0.384. The minimum Gasteiger partial charge on any atom is -0.345 e. The zero-order chi connectivity index (χ0) is 22.1. The molecule has 4 rings (SSSR count). The normalized spacial score (nSPS) is 14.0. The lowest BCUT2D eigenvalue weighted by Gasteiger charge is -2.36. The van der Waals surface area contributed by atoms with E-state index in [1.165, 1.54) is 23.5 Å². The molecule has 0 aliphatic carbocycles. The third kappa shape index (κ3) is 4.59. The largest absolute Gasteiger partial charge is 0.345 e. The number of nitrogens with one attached hydrogen (secondary N) is 1. The van der Waals surface area contributed by atoms with E-state index < -0.39 is 4.92 Å². The number of halogens is 2. The summed E-state index contributed by atoms with van der Waals surface area (Å²) in [6, 6.07) is 11.7. The van der Waals surface area contributed by atoms with Gasteiger partial charge in [-0.15, -0.1) is 11.3 Å². The van der Waals surface area contributed by atoms with Crippen molar-refractivity contribution < 1.29 is 9.72 Å². The van der Waals surface area contributed by atoms with E-state index in [4.69, 9.17) is 35.4 Å². The van der Waals surface area contributed by atoms with Crippen LogP contribution in [0.25, 0.3) is 10.1 Å². The Labute approximate surface area is 197 Å². The van der Waals surface area contributed by atoms with Gasteiger partial charge in [-0.2, -0.15) is 0 Å². The second kappa shape index (κ2) is 8.96. The first-order valence-corrected chi connectivity index (χ1v) is 11.3. The predicted molar refractivity (Wildman–Crippen MR) is 129 cm³/mol. The van der Waals surface area contributed by atoms with Gasteiger partial charge >= 0.3 is 0 Å². The number of nitrogens with zero attached hydrogens (tertiary/aromatic N) is 3. The van der Waals surface area contributed by atoms with Gasteiger partial charge in [0.25, 0.3) is 11.6 Å². The SMILES string of the molecule is O=C(c1sc2cc([N+](=O)[O-])ccc2c1Cl)N1CCN(C(=S)Nc2cccc(Cl)c2)CC1. The number of thiocarbonyl (C=S) groups is 1. The van der Waals surface area contributed by atoms with Crippen molar-refractivity contribution in [3.63, 3.8) is 0 Å². The van der Waals surface area contributed by atoms with Crippen LogP contribution in [0.1, 0.15) is 9.67 Å². The monoisotopic (exact) mass is 494 g/mol. The lowest BCUT2D eigenvalue weighted by Crippen LogP contribution is -2.51. The average molecular weight is 495 g/mol. The van der Waals surface area contributed by atoms with Crippen LogP contribution in [0.15, 0.2) is 42.5 Å². The minimum absolute atomic E-state index is 0.0289. The van der Waals surface area contributed by atoms with Crippen molar-refractivity contribution >= 4 is 79.2 Å². The van der Waals surface area contributed by atoms with Crippen molar-refractivity contribution in [3.05, 3.63) is 67.5 Å². The Kier molecular flexibility index (Phi) is 6.29. The van der Waals surface area contributed by atoms with Gasteiger partial charge in [-0.1, -0.05) is 29.3 Å². The number of carbonyl (C=O) groups is 1. The molecule has 1 aliphatic rings. The fourth-order valence-corrected chi connectivity index (χ4v) is 5.33. The molecule has 0 atom stereocenters. The van der Waals surface area contributed by atoms with Gasteiger partial charge in [-0.25, -0.2) is 0 Å². The van der Waals surface area contributed by atoms with Crippen molar-refractivity contribution in [2.75, 3.05) is 31.5 Å². The van der Waals surface area contributed by atoms with Crippen LogP contribution in [-0.4, -0.2) is 51.9 Å². The first-order valence-electron chi connectivity index (χ1n) is 9.30. The fourth-order valence-electron chi connectivity index (χ4n) is 3.33. The molecule has 1 aromatic heterocycles. The third-order valence-electron chi connectivity index (χ3n) is 4.95. The van der Waals surface area contributed by atoms with Crippen LogP contribution in [0.2, 0.25) is 10.0 Å². The Balaban J connectivity index is 1.43. The standard InChI is InChI=1S/C20H16Cl2N4O3S2/c21-12-2-1-3-13(10-12)23-20(30)25-8-6-24(7-9-25)19(27)18-17(22)15-5-4-14(26(28)29)11-16(15)31-18/h1-5,10-11H,6-9H2,(H,23,30). The highest BCUT2D eigenvalue weighted by atomic mass is 35.5. The van der Waals surface area contributed by atoms with Gasteiger partial charge in [0.05, 0.1) is 9.95 Å². The van der Waals surface area contributed by atoms with Gasteiger partial charge < -0.3 is 15.1 Å². The van der Waals surface area contributed by atoms with E-state index in [9.17, 15) is 14.9 Å². The van der Waals surface area contributed by atoms with Gasteiger partial charge in [0.15, 0.2) is 5.11 Å². The quantitative estimate of drug-likeness (QED) is 0.303. The Morgan fingerprint density at radius 3 is 2.48 bits per heavy atom. The molecule has 1 amide bonds. The molecule has 3 aromatic rings. The molecule has 0 unspecified atom stereocenters. The molecule has 0 radical (unpaired) electrons. The van der Waals surface area contributed by atoms with Crippen molar-refractivity contribution in [2.24, 2.45) is 0 Å². The summed E-state index contributed by atoms with van der Waals surface area (Å²) in [6.45, 7) is 2.13. The van der Waals surface area contributed by atoms with Gasteiger partial charge in [0.2, 0.25) is 0 Å². The smallest absolute Gasteiger partial charge is 0.270 e. The average Bonchev–Trinajstić information content (AvgIpc) is 3.09. The van der Waals surface area contributed by atoms with Crippen LogP contribution in [0.4, 0.5) is 11.4 Å². The summed E-state index contributed by atoms with van der Waals surface area (Å²) < 4.78 is 0.619. The number of nitro groups is 1. The second-order valence-corrected chi connectivity index (χ2v) is 9.16. The van der Waals surface area contributed by atoms with E-state index in [1.54, 1.807) is 23.1 Å². The van der Waals surface area contributed by atoms with Gasteiger partial charge in [0, 0.05) is 59.1 Å². The summed E-state index contributed by atoms with van der Waals surface area (Å²) in [5, 5.41) is 16.3. The summed E-state index contributed by atoms with van der Waals surface area (Å²) in [5.74, 6) is -0.178. The summed E-state index contributed by atoms with van der Waals surface area (Å²) >= 11 is 19.1. The van der Waals surface area contributed by atoms with Crippen LogP contribution in [0.3, 0.4) is 0 Å². The Morgan fingerprint density at radius 1 is 1.10 bits per heavy atom. The number of anilines is 1. The first kappa shape index (κ1) is 21.8. The molecular weight excluding hydrogens is 479 g/mol. The molecule has 0 spiro atoms. The number of non-ortho nitro benzene ring substituents is 1. The molecule has 2 aromatic carbocycles. The maximum atomic E-state index is 13.1. The summed E-state index contributed by atoms with van der Waals surface area (Å²) in [4.78, 5) is 27.7. The maximum Gasteiger partial charge on any atom is 0.270 e. The number of hydrogen-bond donors (Lipinski definition) is 1. The number of thiophene rings is 1. The first-order chi connectivity index (χ1) is 14.8. The van der Waals surface area contributed by atoms with Crippen LogP contribution >= 0.6 is 46.8 Å². The fraction of sp³-hybridized carbons (Fsp3) is 0.200. The van der Waals surface area contributed by atoms with Crippen molar-refractivity contribution in [1.29, 1.82) is 0 Å². The molecule has 7 nitrogen and oxygen atoms in total. The lowest BCUT2D eigenvalue weighted by atomic mass is 10.2. The molecular formula is C20H16Cl2N4O3S2. The maximum absolute atomic E-state index is 13.1. The summed E-state index contributed by atoms with van der Waals surface area (Å²) in [5.41, 5.74) is 0.779. The number of carbonyl (C=O) groups excluding carboxylic acids is 1. The minimum atomic E-state index is -0.464. The number of rotatable bonds is 3. The highest BCUT2D eigenvalue weighted by Gasteiger charge is 2.27. The number of nitro benzene ring substituents is 1. The third-order valence-corrected chi connectivity index (χ3v) is 7.19. The Bertz CT molecular complexity index is 1190. The van der Waals surface area contributed by atoms with E-state index >= 15 is 0 Å². The number of amides is 1. The number of hydrogen-bond acceptors (Lipinski definition) is 5. The van der Waals surface area contributed by atoms with Crippen molar-refractivity contribution in [2.45, 2.75) is 0 Å². The molecule has 0 bridgehead atoms. The van der Waals surface area contributed by atoms with E-state index in [0.717, 1.165) is 5.69 Å². The van der Waals surface area contributed by atoms with Crippen LogP contribution in [-0.2, 0) is 0 Å². The molecule has 1 aliphatic heterocycles. The van der Waals surface area contributed by atoms with E-state index in [1.807, 2.05) is 17.0 Å². The number of benzene rings is 2. The molecule has 11 heteroatoms. The summed E-state index contributed by atoms with van der Waals surface area (Å²) in [6.07, 6.45) is 0. The highest BCUT2D eigenvalue weighted by molar-refractivity contribution is 7.80. The Morgan fingerprint density at radius 2 is 1.81 bits per heavy atom. The zero-order valence-electron chi connectivity index (χ0n) is 16.0. The van der Waals surface area contributed by atoms with Crippen LogP contribution in [0.5, 0.6) is 0 Å². The predicted octanol–water partition coefficient (Wildman–Crippen LogP) is 5.27. The second-order valence-electron chi connectivity index (χ2n) is 6.90. The zero-order valence-corrected chi connectivity index (χ0v) is 19.2. The molecule has 2 heterocycles.